The van der Waals surface area contributed by atoms with E-state index in [1.165, 1.54) is 14.0 Å². The zero-order chi connectivity index (χ0) is 24.9. The van der Waals surface area contributed by atoms with E-state index in [0.717, 1.165) is 16.9 Å². The van der Waals surface area contributed by atoms with Crippen LogP contribution in [0.2, 0.25) is 0 Å². The molecule has 1 aliphatic rings. The zero-order valence-electron chi connectivity index (χ0n) is 19.5. The smallest absolute Gasteiger partial charge is 0.337 e. The molecule has 0 aromatic heterocycles. The van der Waals surface area contributed by atoms with Crippen LogP contribution < -0.4 is 21.3 Å². The molecule has 3 aromatic rings. The van der Waals surface area contributed by atoms with Crippen LogP contribution in [0.5, 0.6) is 0 Å². The van der Waals surface area contributed by atoms with Gasteiger partial charge in [0.2, 0.25) is 5.91 Å². The lowest BCUT2D eigenvalue weighted by molar-refractivity contribution is -0.116. The van der Waals surface area contributed by atoms with Gasteiger partial charge >= 0.3 is 5.97 Å². The normalized spacial score (nSPS) is 13.5. The number of hydrogen-bond acceptors (Lipinski definition) is 6. The summed E-state index contributed by atoms with van der Waals surface area (Å²) in [5.74, 6) is -0.847. The summed E-state index contributed by atoms with van der Waals surface area (Å²) in [7, 11) is 1.31. The first-order valence-electron chi connectivity index (χ1n) is 11.1. The summed E-state index contributed by atoms with van der Waals surface area (Å²) in [5, 5.41) is 6.24. The molecule has 0 bridgehead atoms. The highest BCUT2D eigenvalue weighted by atomic mass is 16.5. The van der Waals surface area contributed by atoms with Gasteiger partial charge in [0.1, 0.15) is 0 Å². The fourth-order valence-electron chi connectivity index (χ4n) is 4.02. The maximum absolute atomic E-state index is 13.1. The molecule has 2 amide bonds. The van der Waals surface area contributed by atoms with Gasteiger partial charge < -0.3 is 26.0 Å². The van der Waals surface area contributed by atoms with Gasteiger partial charge in [-0.2, -0.15) is 0 Å². The van der Waals surface area contributed by atoms with Crippen molar-refractivity contribution in [2.75, 3.05) is 35.7 Å². The molecule has 35 heavy (non-hydrogen) atoms. The van der Waals surface area contributed by atoms with E-state index in [0.29, 0.717) is 41.2 Å². The van der Waals surface area contributed by atoms with E-state index >= 15 is 0 Å². The highest BCUT2D eigenvalue weighted by Gasteiger charge is 2.29. The number of nitrogens with one attached hydrogen (secondary N) is 2. The first-order valence-corrected chi connectivity index (χ1v) is 11.1. The highest BCUT2D eigenvalue weighted by Crippen LogP contribution is 2.38. The van der Waals surface area contributed by atoms with Gasteiger partial charge in [-0.15, -0.1) is 0 Å². The predicted octanol–water partition coefficient (Wildman–Crippen LogP) is 3.72. The SMILES string of the molecule is COC(=O)c1ccc2c(c1)NC(=O)C2=C(Nc1ccc(N(CCN)C(C)=O)cc1)c1ccccc1. The molecular weight excluding hydrogens is 444 g/mol. The maximum atomic E-state index is 13.1. The van der Waals surface area contributed by atoms with Crippen molar-refractivity contribution in [1.29, 1.82) is 0 Å². The van der Waals surface area contributed by atoms with Crippen LogP contribution in [0.3, 0.4) is 0 Å². The van der Waals surface area contributed by atoms with Gasteiger partial charge in [0.25, 0.3) is 5.91 Å². The number of esters is 1. The number of hydrogen-bond donors (Lipinski definition) is 3. The van der Waals surface area contributed by atoms with Crippen LogP contribution in [0.4, 0.5) is 17.1 Å². The van der Waals surface area contributed by atoms with Crippen LogP contribution in [0.1, 0.15) is 28.4 Å². The largest absolute Gasteiger partial charge is 0.465 e. The Bertz CT molecular complexity index is 1300. The molecule has 8 nitrogen and oxygen atoms in total. The molecule has 0 saturated carbocycles. The van der Waals surface area contributed by atoms with E-state index in [9.17, 15) is 14.4 Å². The van der Waals surface area contributed by atoms with Crippen LogP contribution in [-0.2, 0) is 14.3 Å². The van der Waals surface area contributed by atoms with Crippen molar-refractivity contribution >= 4 is 46.1 Å². The monoisotopic (exact) mass is 470 g/mol. The molecule has 4 N–H and O–H groups in total. The summed E-state index contributed by atoms with van der Waals surface area (Å²) in [6.45, 7) is 2.28. The summed E-state index contributed by atoms with van der Waals surface area (Å²) in [4.78, 5) is 38.6. The standard InChI is InChI=1S/C27H26N4O4/c1-17(32)31(15-14-28)21-11-9-20(10-12-21)29-25(18-6-4-3-5-7-18)24-22-13-8-19(27(34)35-2)16-23(22)30-26(24)33/h3-13,16,29H,14-15,28H2,1-2H3,(H,30,33). The second kappa shape index (κ2) is 10.2. The lowest BCUT2D eigenvalue weighted by atomic mass is 9.99. The third-order valence-corrected chi connectivity index (χ3v) is 5.68. The third kappa shape index (κ3) is 4.92. The number of anilines is 3. The number of amides is 2. The minimum atomic E-state index is -0.477. The van der Waals surface area contributed by atoms with Gasteiger partial charge in [-0.05, 0) is 42.0 Å². The van der Waals surface area contributed by atoms with Crippen LogP contribution in [0, 0.1) is 0 Å². The van der Waals surface area contributed by atoms with E-state index in [1.807, 2.05) is 54.6 Å². The molecule has 4 rings (SSSR count). The van der Waals surface area contributed by atoms with E-state index in [-0.39, 0.29) is 11.8 Å². The number of ether oxygens (including phenoxy) is 1. The quantitative estimate of drug-likeness (QED) is 0.358. The molecule has 8 heteroatoms. The van der Waals surface area contributed by atoms with Crippen LogP contribution in [-0.4, -0.2) is 38.0 Å². The van der Waals surface area contributed by atoms with Gasteiger partial charge in [-0.3, -0.25) is 9.59 Å². The minimum absolute atomic E-state index is 0.0891. The molecular formula is C27H26N4O4. The summed E-state index contributed by atoms with van der Waals surface area (Å²) in [5.41, 5.74) is 10.6. The van der Waals surface area contributed by atoms with Gasteiger partial charge in [0.15, 0.2) is 0 Å². The van der Waals surface area contributed by atoms with Crippen molar-refractivity contribution in [2.24, 2.45) is 5.73 Å². The number of methoxy groups -OCH3 is 1. The predicted molar refractivity (Wildman–Crippen MR) is 137 cm³/mol. The Morgan fingerprint density at radius 1 is 1.00 bits per heavy atom. The molecule has 0 spiro atoms. The Morgan fingerprint density at radius 3 is 2.34 bits per heavy atom. The number of nitrogens with two attached hydrogens (primary N) is 1. The first-order chi connectivity index (χ1) is 16.9. The maximum Gasteiger partial charge on any atom is 0.337 e. The Kier molecular flexibility index (Phi) is 6.93. The van der Waals surface area contributed by atoms with E-state index < -0.39 is 5.97 Å². The van der Waals surface area contributed by atoms with Crippen molar-refractivity contribution in [3.05, 3.63) is 89.5 Å². The summed E-state index contributed by atoms with van der Waals surface area (Å²) in [6.07, 6.45) is 0. The average Bonchev–Trinajstić information content (AvgIpc) is 3.20. The van der Waals surface area contributed by atoms with Gasteiger partial charge in [0, 0.05) is 37.0 Å². The Balaban J connectivity index is 1.76. The van der Waals surface area contributed by atoms with Crippen LogP contribution in [0.15, 0.2) is 72.8 Å². The lowest BCUT2D eigenvalue weighted by Crippen LogP contribution is -2.33. The third-order valence-electron chi connectivity index (χ3n) is 5.68. The molecule has 0 fully saturated rings. The fourth-order valence-corrected chi connectivity index (χ4v) is 4.02. The number of carbonyl (C=O) groups is 3. The molecule has 0 aliphatic carbocycles. The number of fused-ring (bicyclic) bond motifs is 1. The second-order valence-corrected chi connectivity index (χ2v) is 7.95. The summed E-state index contributed by atoms with van der Waals surface area (Å²) < 4.78 is 4.79. The summed E-state index contributed by atoms with van der Waals surface area (Å²) in [6, 6.07) is 21.9. The van der Waals surface area contributed by atoms with Crippen molar-refractivity contribution in [3.63, 3.8) is 0 Å². The molecule has 1 aliphatic heterocycles. The number of benzene rings is 3. The lowest BCUT2D eigenvalue weighted by Gasteiger charge is -2.21. The summed E-state index contributed by atoms with van der Waals surface area (Å²) >= 11 is 0. The molecule has 3 aromatic carbocycles. The molecule has 0 radical (unpaired) electrons. The van der Waals surface area contributed by atoms with Gasteiger partial charge in [0.05, 0.1) is 29.6 Å². The minimum Gasteiger partial charge on any atom is -0.465 e. The van der Waals surface area contributed by atoms with E-state index in [2.05, 4.69) is 10.6 Å². The average molecular weight is 471 g/mol. The van der Waals surface area contributed by atoms with Crippen LogP contribution >= 0.6 is 0 Å². The van der Waals surface area contributed by atoms with Gasteiger partial charge in [-0.1, -0.05) is 36.4 Å². The molecule has 0 saturated heterocycles. The van der Waals surface area contributed by atoms with Crippen LogP contribution in [0.25, 0.3) is 11.3 Å². The highest BCUT2D eigenvalue weighted by molar-refractivity contribution is 6.37. The van der Waals surface area contributed by atoms with Gasteiger partial charge in [-0.25, -0.2) is 4.79 Å². The Hall–Kier alpha value is -4.43. The van der Waals surface area contributed by atoms with E-state index in [1.54, 1.807) is 23.1 Å². The van der Waals surface area contributed by atoms with Crippen molar-refractivity contribution in [3.8, 4) is 0 Å². The van der Waals surface area contributed by atoms with Crippen molar-refractivity contribution in [1.82, 2.24) is 0 Å². The Morgan fingerprint density at radius 2 is 1.71 bits per heavy atom. The van der Waals surface area contributed by atoms with Crippen molar-refractivity contribution in [2.45, 2.75) is 6.92 Å². The topological polar surface area (TPSA) is 114 Å². The van der Waals surface area contributed by atoms with E-state index in [4.69, 9.17) is 10.5 Å². The van der Waals surface area contributed by atoms with Crippen molar-refractivity contribution < 1.29 is 19.1 Å². The number of rotatable bonds is 7. The fraction of sp³-hybridized carbons (Fsp3) is 0.148. The second-order valence-electron chi connectivity index (χ2n) is 7.95. The number of carbonyl (C=O) groups excluding carboxylic acids is 3. The number of nitrogens with zero attached hydrogens (tertiary/aromatic N) is 1. The molecule has 0 atom stereocenters. The molecule has 0 unspecified atom stereocenters. The Labute approximate surface area is 203 Å². The first kappa shape index (κ1) is 23.7. The molecule has 1 heterocycles. The molecule has 178 valence electrons. The zero-order valence-corrected chi connectivity index (χ0v) is 19.5.